The number of aromatic nitrogens is 6. The molecule has 9 heteroatoms. The largest absolute Gasteiger partial charge is 0.309 e. The van der Waals surface area contributed by atoms with Crippen LogP contribution in [0.3, 0.4) is 0 Å². The van der Waals surface area contributed by atoms with Gasteiger partial charge in [-0.25, -0.2) is 9.67 Å². The number of nitrogens with zero attached hydrogens (tertiary/aromatic N) is 6. The third-order valence-corrected chi connectivity index (χ3v) is 5.17. The van der Waals surface area contributed by atoms with Crippen LogP contribution in [0.4, 0.5) is 5.82 Å². The second kappa shape index (κ2) is 7.82. The van der Waals surface area contributed by atoms with Gasteiger partial charge >= 0.3 is 0 Å². The highest BCUT2D eigenvalue weighted by atomic mass is 16.2. The molecule has 0 bridgehead atoms. The third kappa shape index (κ3) is 4.25. The Balaban J connectivity index is 1.46. The molecule has 0 unspecified atom stereocenters. The molecular formula is C22H25N7O2. The van der Waals surface area contributed by atoms with E-state index >= 15 is 0 Å². The quantitative estimate of drug-likeness (QED) is 0.535. The lowest BCUT2D eigenvalue weighted by molar-refractivity contribution is -0.116. The molecule has 1 aromatic carbocycles. The van der Waals surface area contributed by atoms with Gasteiger partial charge in [0.25, 0.3) is 5.56 Å². The van der Waals surface area contributed by atoms with Gasteiger partial charge < -0.3 is 5.32 Å². The van der Waals surface area contributed by atoms with Crippen LogP contribution in [-0.2, 0) is 30.3 Å². The van der Waals surface area contributed by atoms with Crippen LogP contribution >= 0.6 is 0 Å². The van der Waals surface area contributed by atoms with Crippen molar-refractivity contribution < 1.29 is 4.79 Å². The van der Waals surface area contributed by atoms with Gasteiger partial charge in [0.1, 0.15) is 24.1 Å². The van der Waals surface area contributed by atoms with Gasteiger partial charge in [-0.2, -0.15) is 10.2 Å². The first-order chi connectivity index (χ1) is 14.7. The number of rotatable bonds is 5. The van der Waals surface area contributed by atoms with Gasteiger partial charge in [-0.3, -0.25) is 18.8 Å². The van der Waals surface area contributed by atoms with Crippen LogP contribution in [0.1, 0.15) is 31.9 Å². The van der Waals surface area contributed by atoms with Crippen molar-refractivity contribution in [1.29, 1.82) is 0 Å². The molecule has 9 nitrogen and oxygen atoms in total. The summed E-state index contributed by atoms with van der Waals surface area (Å²) in [5.74, 6) is 0.227. The predicted octanol–water partition coefficient (Wildman–Crippen LogP) is 2.31. The van der Waals surface area contributed by atoms with Gasteiger partial charge in [0, 0.05) is 13.1 Å². The fraction of sp³-hybridized carbons (Fsp3) is 0.318. The number of carbonyl (C=O) groups is 1. The zero-order chi connectivity index (χ0) is 22.2. The summed E-state index contributed by atoms with van der Waals surface area (Å²) in [6.45, 7) is 6.90. The molecule has 0 aliphatic rings. The number of aryl methyl sites for hydroxylation is 1. The number of fused-ring (bicyclic) bond motifs is 1. The first-order valence-electron chi connectivity index (χ1n) is 10.0. The van der Waals surface area contributed by atoms with Crippen LogP contribution in [0.25, 0.3) is 11.0 Å². The van der Waals surface area contributed by atoms with E-state index in [2.05, 4.69) is 65.5 Å². The van der Waals surface area contributed by atoms with E-state index in [1.165, 1.54) is 27.3 Å². The molecule has 3 heterocycles. The predicted molar refractivity (Wildman–Crippen MR) is 118 cm³/mol. The monoisotopic (exact) mass is 419 g/mol. The molecule has 0 saturated carbocycles. The molecule has 160 valence electrons. The van der Waals surface area contributed by atoms with Crippen LogP contribution in [0.5, 0.6) is 0 Å². The summed E-state index contributed by atoms with van der Waals surface area (Å²) in [7, 11) is 1.71. The first-order valence-corrected chi connectivity index (χ1v) is 10.0. The second-order valence-corrected chi connectivity index (χ2v) is 8.55. The van der Waals surface area contributed by atoms with E-state index in [9.17, 15) is 9.59 Å². The van der Waals surface area contributed by atoms with E-state index in [0.717, 1.165) is 5.56 Å². The van der Waals surface area contributed by atoms with Crippen LogP contribution in [0.15, 0.2) is 53.8 Å². The highest BCUT2D eigenvalue weighted by Crippen LogP contribution is 2.22. The van der Waals surface area contributed by atoms with Crippen molar-refractivity contribution in [3.8, 4) is 0 Å². The standard InChI is InChI=1S/C22H25N7O2/c1-22(2,3)16-7-5-15(6-8-16)12-29-18(9-10-24-29)26-19(30)13-28-14-23-20-17(21(28)31)11-25-27(20)4/h5-11,14H,12-13H2,1-4H3,(H,26,30). The minimum atomic E-state index is -0.336. The number of carbonyl (C=O) groups excluding carboxylic acids is 1. The molecule has 0 radical (unpaired) electrons. The van der Waals surface area contributed by atoms with Gasteiger partial charge in [-0.1, -0.05) is 45.0 Å². The van der Waals surface area contributed by atoms with Crippen molar-refractivity contribution in [2.24, 2.45) is 7.05 Å². The fourth-order valence-electron chi connectivity index (χ4n) is 3.36. The summed E-state index contributed by atoms with van der Waals surface area (Å²) in [6.07, 6.45) is 4.45. The highest BCUT2D eigenvalue weighted by molar-refractivity contribution is 5.89. The number of amides is 1. The van der Waals surface area contributed by atoms with Crippen LogP contribution < -0.4 is 10.9 Å². The molecule has 4 aromatic rings. The minimum Gasteiger partial charge on any atom is -0.309 e. The van der Waals surface area contributed by atoms with Gasteiger partial charge in [-0.05, 0) is 16.5 Å². The fourth-order valence-corrected chi connectivity index (χ4v) is 3.36. The van der Waals surface area contributed by atoms with E-state index in [0.29, 0.717) is 23.4 Å². The molecule has 0 atom stereocenters. The van der Waals surface area contributed by atoms with Crippen molar-refractivity contribution in [2.45, 2.75) is 39.3 Å². The first kappa shape index (κ1) is 20.5. The molecule has 0 aliphatic carbocycles. The Morgan fingerprint density at radius 1 is 1.10 bits per heavy atom. The molecule has 1 N–H and O–H groups in total. The maximum absolute atomic E-state index is 12.6. The Labute approximate surface area is 179 Å². The van der Waals surface area contributed by atoms with E-state index in [1.807, 2.05) is 0 Å². The van der Waals surface area contributed by atoms with Crippen molar-refractivity contribution in [3.05, 3.63) is 70.5 Å². The van der Waals surface area contributed by atoms with Crippen molar-refractivity contribution in [2.75, 3.05) is 5.32 Å². The molecule has 31 heavy (non-hydrogen) atoms. The smallest absolute Gasteiger partial charge is 0.264 e. The topological polar surface area (TPSA) is 99.6 Å². The molecular weight excluding hydrogens is 394 g/mol. The number of hydrogen-bond acceptors (Lipinski definition) is 5. The summed E-state index contributed by atoms with van der Waals surface area (Å²) in [6, 6.07) is 10.1. The summed E-state index contributed by atoms with van der Waals surface area (Å²) in [5.41, 5.74) is 2.61. The minimum absolute atomic E-state index is 0.0924. The number of nitrogens with one attached hydrogen (secondary N) is 1. The summed E-state index contributed by atoms with van der Waals surface area (Å²) >= 11 is 0. The lowest BCUT2D eigenvalue weighted by Crippen LogP contribution is -2.28. The molecule has 0 aliphatic heterocycles. The Kier molecular flexibility index (Phi) is 5.18. The van der Waals surface area contributed by atoms with Gasteiger partial charge in [0.05, 0.1) is 18.9 Å². The zero-order valence-corrected chi connectivity index (χ0v) is 18.0. The summed E-state index contributed by atoms with van der Waals surface area (Å²) in [5, 5.41) is 11.6. The van der Waals surface area contributed by atoms with Crippen LogP contribution in [0, 0.1) is 0 Å². The van der Waals surface area contributed by atoms with Crippen molar-refractivity contribution in [3.63, 3.8) is 0 Å². The summed E-state index contributed by atoms with van der Waals surface area (Å²) < 4.78 is 4.51. The van der Waals surface area contributed by atoms with Gasteiger partial charge in [0.15, 0.2) is 5.65 Å². The average Bonchev–Trinajstić information content (AvgIpc) is 3.31. The Morgan fingerprint density at radius 2 is 1.84 bits per heavy atom. The van der Waals surface area contributed by atoms with E-state index in [-0.39, 0.29) is 23.4 Å². The molecule has 3 aromatic heterocycles. The van der Waals surface area contributed by atoms with Crippen molar-refractivity contribution in [1.82, 2.24) is 29.1 Å². The second-order valence-electron chi connectivity index (χ2n) is 8.55. The SMILES string of the molecule is Cn1ncc2c(=O)n(CC(=O)Nc3ccnn3Cc3ccc(C(C)(C)C)cc3)cnc21. The average molecular weight is 419 g/mol. The maximum Gasteiger partial charge on any atom is 0.264 e. The normalized spacial score (nSPS) is 11.7. The third-order valence-electron chi connectivity index (χ3n) is 5.17. The molecule has 0 spiro atoms. The van der Waals surface area contributed by atoms with Crippen LogP contribution in [0.2, 0.25) is 0 Å². The maximum atomic E-state index is 12.6. The van der Waals surface area contributed by atoms with Gasteiger partial charge in [0.2, 0.25) is 5.91 Å². The van der Waals surface area contributed by atoms with E-state index in [1.54, 1.807) is 24.0 Å². The number of benzene rings is 1. The van der Waals surface area contributed by atoms with Crippen LogP contribution in [-0.4, -0.2) is 35.0 Å². The zero-order valence-electron chi connectivity index (χ0n) is 18.0. The Hall–Kier alpha value is -3.75. The van der Waals surface area contributed by atoms with E-state index in [4.69, 9.17) is 0 Å². The highest BCUT2D eigenvalue weighted by Gasteiger charge is 2.14. The number of anilines is 1. The molecule has 4 rings (SSSR count). The molecule has 0 fully saturated rings. The molecule has 1 amide bonds. The Morgan fingerprint density at radius 3 is 2.55 bits per heavy atom. The molecule has 0 saturated heterocycles. The van der Waals surface area contributed by atoms with Crippen molar-refractivity contribution >= 4 is 22.8 Å². The lowest BCUT2D eigenvalue weighted by atomic mass is 9.87. The summed E-state index contributed by atoms with van der Waals surface area (Å²) in [4.78, 5) is 29.3. The van der Waals surface area contributed by atoms with E-state index < -0.39 is 0 Å². The lowest BCUT2D eigenvalue weighted by Gasteiger charge is -2.19. The van der Waals surface area contributed by atoms with Gasteiger partial charge in [-0.15, -0.1) is 0 Å². The number of hydrogen-bond donors (Lipinski definition) is 1. The Bertz CT molecular complexity index is 1290.